The van der Waals surface area contributed by atoms with E-state index in [1.165, 1.54) is 0 Å². The van der Waals surface area contributed by atoms with Crippen molar-refractivity contribution in [2.75, 3.05) is 24.8 Å². The second-order valence-electron chi connectivity index (χ2n) is 5.16. The third-order valence-electron chi connectivity index (χ3n) is 3.78. The van der Waals surface area contributed by atoms with E-state index in [9.17, 15) is 4.79 Å². The van der Waals surface area contributed by atoms with Crippen LogP contribution in [0.5, 0.6) is 0 Å². The Morgan fingerprint density at radius 3 is 2.65 bits per heavy atom. The Morgan fingerprint density at radius 2 is 2.12 bits per heavy atom. The minimum Gasteiger partial charge on any atom is -0.381 e. The minimum absolute atomic E-state index is 0.155. The van der Waals surface area contributed by atoms with Crippen LogP contribution in [0.4, 0.5) is 0 Å². The molecule has 0 bridgehead atoms. The molecule has 0 aromatic rings. The van der Waals surface area contributed by atoms with Gasteiger partial charge >= 0.3 is 0 Å². The van der Waals surface area contributed by atoms with E-state index in [1.807, 2.05) is 6.92 Å². The molecule has 2 fully saturated rings. The van der Waals surface area contributed by atoms with Crippen LogP contribution in [0.15, 0.2) is 0 Å². The van der Waals surface area contributed by atoms with E-state index in [4.69, 9.17) is 16.3 Å². The summed E-state index contributed by atoms with van der Waals surface area (Å²) in [6, 6.07) is 0. The second kappa shape index (κ2) is 5.37. The van der Waals surface area contributed by atoms with Gasteiger partial charge in [0.2, 0.25) is 5.91 Å². The third-order valence-corrected chi connectivity index (χ3v) is 5.81. The van der Waals surface area contributed by atoms with Gasteiger partial charge in [-0.15, -0.1) is 23.4 Å². The van der Waals surface area contributed by atoms with Gasteiger partial charge < -0.3 is 10.1 Å². The van der Waals surface area contributed by atoms with Crippen molar-refractivity contribution >= 4 is 29.3 Å². The van der Waals surface area contributed by atoms with Crippen LogP contribution in [0, 0.1) is 0 Å². The van der Waals surface area contributed by atoms with Gasteiger partial charge in [0.1, 0.15) is 0 Å². The molecular formula is C12H20ClNO2S. The molecule has 98 valence electrons. The van der Waals surface area contributed by atoms with Gasteiger partial charge in [-0.05, 0) is 38.4 Å². The van der Waals surface area contributed by atoms with Gasteiger partial charge in [-0.1, -0.05) is 0 Å². The lowest BCUT2D eigenvalue weighted by Crippen LogP contribution is -2.57. The molecule has 1 unspecified atom stereocenters. The van der Waals surface area contributed by atoms with Crippen LogP contribution < -0.4 is 5.32 Å². The van der Waals surface area contributed by atoms with Crippen LogP contribution in [0.1, 0.15) is 32.6 Å². The summed E-state index contributed by atoms with van der Waals surface area (Å²) in [5.41, 5.74) is -0.247. The molecule has 1 atom stereocenters. The summed E-state index contributed by atoms with van der Waals surface area (Å²) in [5, 5.41) is 3.19. The van der Waals surface area contributed by atoms with Crippen molar-refractivity contribution in [1.29, 1.82) is 0 Å². The van der Waals surface area contributed by atoms with Crippen LogP contribution in [0.2, 0.25) is 0 Å². The average Bonchev–Trinajstić information content (AvgIpc) is 2.79. The van der Waals surface area contributed by atoms with Crippen LogP contribution in [0.25, 0.3) is 0 Å². The Bertz CT molecular complexity index is 286. The Labute approximate surface area is 112 Å². The lowest BCUT2D eigenvalue weighted by Gasteiger charge is -2.38. The molecule has 0 spiro atoms. The van der Waals surface area contributed by atoms with Gasteiger partial charge in [-0.2, -0.15) is 0 Å². The highest BCUT2D eigenvalue weighted by atomic mass is 35.5. The van der Waals surface area contributed by atoms with E-state index in [2.05, 4.69) is 5.32 Å². The Kier molecular flexibility index (Phi) is 4.26. The minimum atomic E-state index is -0.253. The van der Waals surface area contributed by atoms with Crippen molar-refractivity contribution in [1.82, 2.24) is 5.32 Å². The number of alkyl halides is 1. The van der Waals surface area contributed by atoms with Crippen molar-refractivity contribution in [3.8, 4) is 0 Å². The molecular weight excluding hydrogens is 258 g/mol. The fraction of sp³-hybridized carbons (Fsp3) is 0.917. The maximum atomic E-state index is 12.4. The zero-order valence-electron chi connectivity index (χ0n) is 10.3. The molecule has 2 aliphatic heterocycles. The molecule has 0 aliphatic carbocycles. The Balaban J connectivity index is 2.00. The third kappa shape index (κ3) is 2.91. The quantitative estimate of drug-likeness (QED) is 0.804. The van der Waals surface area contributed by atoms with Crippen LogP contribution >= 0.6 is 23.4 Å². The molecule has 0 saturated carbocycles. The number of halogens is 1. The molecule has 3 nitrogen and oxygen atoms in total. The number of rotatable bonds is 3. The van der Waals surface area contributed by atoms with Crippen LogP contribution in [-0.4, -0.2) is 41.0 Å². The van der Waals surface area contributed by atoms with Crippen molar-refractivity contribution in [3.05, 3.63) is 0 Å². The summed E-state index contributed by atoms with van der Waals surface area (Å²) in [4.78, 5) is 12.4. The average molecular weight is 278 g/mol. The Hall–Kier alpha value is 0.0700. The number of thioether (sulfide) groups is 1. The highest BCUT2D eigenvalue weighted by molar-refractivity contribution is 8.01. The fourth-order valence-electron chi connectivity index (χ4n) is 2.39. The van der Waals surface area contributed by atoms with Gasteiger partial charge in [-0.3, -0.25) is 4.79 Å². The van der Waals surface area contributed by atoms with E-state index in [0.717, 1.165) is 31.4 Å². The molecule has 2 saturated heterocycles. The van der Waals surface area contributed by atoms with Crippen molar-refractivity contribution < 1.29 is 9.53 Å². The first kappa shape index (κ1) is 13.5. The monoisotopic (exact) mass is 277 g/mol. The number of hydrogen-bond donors (Lipinski definition) is 1. The molecule has 0 aromatic heterocycles. The topological polar surface area (TPSA) is 38.3 Å². The van der Waals surface area contributed by atoms with Crippen LogP contribution in [0.3, 0.4) is 0 Å². The summed E-state index contributed by atoms with van der Waals surface area (Å²) in [6.45, 7) is 3.43. The number of hydrogen-bond acceptors (Lipinski definition) is 3. The Morgan fingerprint density at radius 1 is 1.41 bits per heavy atom. The SMILES string of the molecule is CC1(C(=O)NC2(CCl)CCOCC2)CCCS1. The maximum Gasteiger partial charge on any atom is 0.236 e. The van der Waals surface area contributed by atoms with Gasteiger partial charge in [0.25, 0.3) is 0 Å². The van der Waals surface area contributed by atoms with E-state index in [1.54, 1.807) is 11.8 Å². The molecule has 2 heterocycles. The van der Waals surface area contributed by atoms with Crippen molar-refractivity contribution in [2.24, 2.45) is 0 Å². The number of carbonyl (C=O) groups excluding carboxylic acids is 1. The maximum absolute atomic E-state index is 12.4. The highest BCUT2D eigenvalue weighted by Gasteiger charge is 2.42. The van der Waals surface area contributed by atoms with Crippen molar-refractivity contribution in [2.45, 2.75) is 42.9 Å². The number of ether oxygens (including phenoxy) is 1. The normalized spacial score (nSPS) is 32.4. The lowest BCUT2D eigenvalue weighted by molar-refractivity contribution is -0.126. The summed E-state index contributed by atoms with van der Waals surface area (Å²) in [7, 11) is 0. The predicted octanol–water partition coefficient (Wildman–Crippen LogP) is 2.18. The summed E-state index contributed by atoms with van der Waals surface area (Å²) >= 11 is 7.82. The smallest absolute Gasteiger partial charge is 0.236 e. The number of amides is 1. The standard InChI is InChI=1S/C12H20ClNO2S/c1-11(3-2-8-17-11)10(15)14-12(9-13)4-6-16-7-5-12/h2-9H2,1H3,(H,14,15). The summed E-state index contributed by atoms with van der Waals surface area (Å²) in [6.07, 6.45) is 3.75. The first-order chi connectivity index (χ1) is 8.10. The van der Waals surface area contributed by atoms with Gasteiger partial charge in [-0.25, -0.2) is 0 Å². The van der Waals surface area contributed by atoms with Crippen LogP contribution in [-0.2, 0) is 9.53 Å². The zero-order chi connectivity index (χ0) is 12.4. The molecule has 2 aliphatic rings. The van der Waals surface area contributed by atoms with E-state index >= 15 is 0 Å². The number of nitrogens with one attached hydrogen (secondary N) is 1. The van der Waals surface area contributed by atoms with Gasteiger partial charge in [0.05, 0.1) is 10.3 Å². The predicted molar refractivity (Wildman–Crippen MR) is 71.7 cm³/mol. The number of carbonyl (C=O) groups is 1. The molecule has 5 heteroatoms. The zero-order valence-corrected chi connectivity index (χ0v) is 11.8. The largest absolute Gasteiger partial charge is 0.381 e. The molecule has 0 aromatic carbocycles. The summed E-state index contributed by atoms with van der Waals surface area (Å²) < 4.78 is 5.09. The van der Waals surface area contributed by atoms with E-state index in [-0.39, 0.29) is 16.2 Å². The first-order valence-electron chi connectivity index (χ1n) is 6.21. The second-order valence-corrected chi connectivity index (χ2v) is 7.03. The lowest BCUT2D eigenvalue weighted by atomic mass is 9.91. The highest BCUT2D eigenvalue weighted by Crippen LogP contribution is 2.38. The molecule has 1 amide bonds. The van der Waals surface area contributed by atoms with E-state index in [0.29, 0.717) is 19.1 Å². The first-order valence-corrected chi connectivity index (χ1v) is 7.73. The fourth-order valence-corrected chi connectivity index (χ4v) is 3.93. The van der Waals surface area contributed by atoms with Crippen molar-refractivity contribution in [3.63, 3.8) is 0 Å². The molecule has 17 heavy (non-hydrogen) atoms. The van der Waals surface area contributed by atoms with Gasteiger partial charge in [0.15, 0.2) is 0 Å². The van der Waals surface area contributed by atoms with E-state index < -0.39 is 0 Å². The molecule has 0 radical (unpaired) electrons. The molecule has 2 rings (SSSR count). The summed E-state index contributed by atoms with van der Waals surface area (Å²) in [5.74, 6) is 1.71. The molecule has 1 N–H and O–H groups in total. The van der Waals surface area contributed by atoms with Gasteiger partial charge in [0, 0.05) is 19.1 Å².